The molecule has 0 aliphatic rings. The minimum absolute atomic E-state index is 0. The number of aromatic nitrogens is 1. The largest absolute Gasteiger partial charge is 1.00 e. The molecule has 0 radical (unpaired) electrons. The van der Waals surface area contributed by atoms with E-state index in [0.717, 1.165) is 11.1 Å². The fraction of sp³-hybridized carbons (Fsp3) is 0.158. The number of carbonyl (C=O) groups excluding carboxylic acids is 1. The van der Waals surface area contributed by atoms with Gasteiger partial charge in [-0.2, -0.15) is 0 Å². The summed E-state index contributed by atoms with van der Waals surface area (Å²) in [5, 5.41) is 4.66. The van der Waals surface area contributed by atoms with Gasteiger partial charge in [-0.05, 0) is 36.2 Å². The number of amides is 1. The summed E-state index contributed by atoms with van der Waals surface area (Å²) in [4.78, 5) is 10.9. The molecule has 3 rings (SSSR count). The molecule has 0 aliphatic heterocycles. The molecular weight excluding hydrogens is 393 g/mol. The topological polar surface area (TPSA) is 102 Å². The van der Waals surface area contributed by atoms with E-state index in [9.17, 15) is 4.79 Å². The van der Waals surface area contributed by atoms with Crippen molar-refractivity contribution in [2.24, 2.45) is 5.73 Å². The van der Waals surface area contributed by atoms with Gasteiger partial charge in [-0.15, -0.1) is 0 Å². The molecule has 1 amide bonds. The van der Waals surface area contributed by atoms with Crippen LogP contribution < -0.4 is 61.9 Å². The van der Waals surface area contributed by atoms with Crippen molar-refractivity contribution >= 4 is 17.5 Å². The maximum absolute atomic E-state index is 10.9. The summed E-state index contributed by atoms with van der Waals surface area (Å²) < 4.78 is 11.0. The van der Waals surface area contributed by atoms with E-state index < -0.39 is 11.9 Å². The van der Waals surface area contributed by atoms with Crippen molar-refractivity contribution in [3.63, 3.8) is 0 Å². The third kappa shape index (κ3) is 6.43. The molecule has 134 valence electrons. The summed E-state index contributed by atoms with van der Waals surface area (Å²) in [7, 11) is 0. The van der Waals surface area contributed by atoms with E-state index >= 15 is 0 Å². The van der Waals surface area contributed by atoms with Crippen molar-refractivity contribution in [3.05, 3.63) is 76.7 Å². The van der Waals surface area contributed by atoms with Crippen molar-refractivity contribution in [3.8, 4) is 17.0 Å². The first-order valence-corrected chi connectivity index (χ1v) is 8.33. The summed E-state index contributed by atoms with van der Waals surface area (Å²) in [6.45, 7) is 0.231. The zero-order valence-corrected chi connectivity index (χ0v) is 18.7. The molecule has 2 aromatic carbocycles. The summed E-state index contributed by atoms with van der Waals surface area (Å²) in [5.41, 5.74) is 15.1. The Morgan fingerprint density at radius 2 is 1.96 bits per heavy atom. The Morgan fingerprint density at radius 1 is 1.22 bits per heavy atom. The van der Waals surface area contributed by atoms with Gasteiger partial charge in [-0.25, -0.2) is 0 Å². The first-order chi connectivity index (χ1) is 12.5. The van der Waals surface area contributed by atoms with Gasteiger partial charge in [0.2, 0.25) is 0 Å². The van der Waals surface area contributed by atoms with Crippen LogP contribution in [0.4, 0.5) is 0 Å². The van der Waals surface area contributed by atoms with Crippen LogP contribution in [0.1, 0.15) is 11.3 Å². The minimum Gasteiger partial charge on any atom is -0.667 e. The Labute approximate surface area is 204 Å². The number of carbonyl (C=O) groups is 1. The number of rotatable bonds is 7. The van der Waals surface area contributed by atoms with Gasteiger partial charge in [0, 0.05) is 16.7 Å². The van der Waals surface area contributed by atoms with E-state index in [2.05, 4.69) is 5.16 Å². The van der Waals surface area contributed by atoms with Crippen LogP contribution in [-0.4, -0.2) is 17.1 Å². The van der Waals surface area contributed by atoms with E-state index in [4.69, 9.17) is 32.3 Å². The van der Waals surface area contributed by atoms with Crippen LogP contribution in [0.25, 0.3) is 17.0 Å². The first-order valence-electron chi connectivity index (χ1n) is 7.95. The van der Waals surface area contributed by atoms with Gasteiger partial charge in [0.15, 0.2) is 11.7 Å². The number of hydrogen-bond donors (Lipinski definition) is 1. The third-order valence-electron chi connectivity index (χ3n) is 3.77. The maximum atomic E-state index is 10.9. The monoisotopic (exact) mass is 409 g/mol. The zero-order valence-electron chi connectivity index (χ0n) is 14.8. The van der Waals surface area contributed by atoms with Gasteiger partial charge >= 0.3 is 51.4 Å². The van der Waals surface area contributed by atoms with E-state index in [1.54, 1.807) is 36.4 Å². The van der Waals surface area contributed by atoms with Crippen molar-refractivity contribution in [1.82, 2.24) is 5.16 Å². The molecule has 6 nitrogen and oxygen atoms in total. The molecule has 1 aromatic heterocycles. The van der Waals surface area contributed by atoms with Crippen LogP contribution in [0.2, 0.25) is 5.02 Å². The van der Waals surface area contributed by atoms with Crippen LogP contribution in [0.15, 0.2) is 59.1 Å². The second kappa shape index (κ2) is 10.4. The first kappa shape index (κ1) is 22.1. The smallest absolute Gasteiger partial charge is 0.667 e. The molecule has 8 heteroatoms. The standard InChI is InChI=1S/C19H17ClN3O3.K/c20-14-3-1-2-13(9-14)18-10-16(26-23-18)11-25-15-6-4-12(5-7-15)8-17(21)19(22)24;/h1-7,9-10,17,21H,8,11H2,(H2,22,24);/q-1;+1. The molecule has 1 heterocycles. The number of primary amides is 1. The number of hydrogen-bond acceptors (Lipinski definition) is 4. The van der Waals surface area contributed by atoms with E-state index in [1.807, 2.05) is 18.2 Å². The fourth-order valence-corrected chi connectivity index (χ4v) is 2.57. The number of nitrogens with one attached hydrogen (secondary N) is 1. The average molecular weight is 410 g/mol. The zero-order chi connectivity index (χ0) is 18.5. The van der Waals surface area contributed by atoms with Gasteiger partial charge in [0.25, 0.3) is 0 Å². The molecule has 1 atom stereocenters. The number of ether oxygens (including phenoxy) is 1. The number of nitrogens with two attached hydrogens (primary N) is 1. The summed E-state index contributed by atoms with van der Waals surface area (Å²) >= 11 is 5.98. The van der Waals surface area contributed by atoms with E-state index in [-0.39, 0.29) is 64.4 Å². The molecule has 0 aliphatic carbocycles. The van der Waals surface area contributed by atoms with Crippen LogP contribution in [0, 0.1) is 0 Å². The summed E-state index contributed by atoms with van der Waals surface area (Å²) in [6.07, 6.45) is 0.278. The van der Waals surface area contributed by atoms with Crippen molar-refractivity contribution in [1.29, 1.82) is 0 Å². The fourth-order valence-electron chi connectivity index (χ4n) is 2.38. The van der Waals surface area contributed by atoms with Gasteiger partial charge in [-0.1, -0.05) is 47.1 Å². The Kier molecular flexibility index (Phi) is 8.49. The molecule has 0 fully saturated rings. The second-order valence-corrected chi connectivity index (χ2v) is 6.22. The van der Waals surface area contributed by atoms with E-state index in [0.29, 0.717) is 22.2 Å². The van der Waals surface area contributed by atoms with Gasteiger partial charge in [-0.3, -0.25) is 4.79 Å². The Balaban J connectivity index is 0.00000261. The number of benzene rings is 2. The summed E-state index contributed by atoms with van der Waals surface area (Å²) in [6, 6.07) is 15.4. The van der Waals surface area contributed by atoms with Crippen LogP contribution in [-0.2, 0) is 17.8 Å². The Morgan fingerprint density at radius 3 is 2.63 bits per heavy atom. The molecule has 0 saturated carbocycles. The van der Waals surface area contributed by atoms with Crippen LogP contribution >= 0.6 is 11.6 Å². The normalized spacial score (nSPS) is 11.5. The molecule has 27 heavy (non-hydrogen) atoms. The third-order valence-corrected chi connectivity index (χ3v) is 4.00. The Bertz CT molecular complexity index is 899. The SMILES string of the molecule is [K+].[NH-]C(Cc1ccc(OCc2cc(-c3cccc(Cl)c3)no2)cc1)C(N)=O. The number of halogens is 1. The molecule has 0 saturated heterocycles. The predicted molar refractivity (Wildman–Crippen MR) is 98.7 cm³/mol. The van der Waals surface area contributed by atoms with Gasteiger partial charge in [0.05, 0.1) is 0 Å². The summed E-state index contributed by atoms with van der Waals surface area (Å²) in [5.74, 6) is 0.602. The van der Waals surface area contributed by atoms with Crippen molar-refractivity contribution in [2.45, 2.75) is 19.1 Å². The maximum Gasteiger partial charge on any atom is 1.00 e. The van der Waals surface area contributed by atoms with Gasteiger partial charge in [0.1, 0.15) is 18.1 Å². The quantitative estimate of drug-likeness (QED) is 0.588. The molecule has 0 spiro atoms. The molecule has 3 aromatic rings. The molecule has 0 bridgehead atoms. The van der Waals surface area contributed by atoms with E-state index in [1.165, 1.54) is 0 Å². The Hall–Kier alpha value is -1.19. The average Bonchev–Trinajstić information content (AvgIpc) is 3.10. The van der Waals surface area contributed by atoms with Crippen molar-refractivity contribution in [2.75, 3.05) is 0 Å². The van der Waals surface area contributed by atoms with Crippen LogP contribution in [0.3, 0.4) is 0 Å². The second-order valence-electron chi connectivity index (χ2n) is 5.78. The van der Waals surface area contributed by atoms with Crippen molar-refractivity contribution < 1.29 is 65.4 Å². The number of nitrogens with zero attached hydrogens (tertiary/aromatic N) is 1. The minimum atomic E-state index is -0.944. The van der Waals surface area contributed by atoms with Crippen LogP contribution in [0.5, 0.6) is 5.75 Å². The molecule has 1 unspecified atom stereocenters. The van der Waals surface area contributed by atoms with Gasteiger partial charge < -0.3 is 20.7 Å². The predicted octanol–water partition coefficient (Wildman–Crippen LogP) is 1.03. The molecule has 3 N–H and O–H groups in total. The molecular formula is C19H17ClKN3O3.